The summed E-state index contributed by atoms with van der Waals surface area (Å²) in [4.78, 5) is 3.05. The number of aromatic nitrogens is 1. The minimum Gasteiger partial charge on any atom is -0.400 e. The van der Waals surface area contributed by atoms with E-state index in [2.05, 4.69) is 18.0 Å². The summed E-state index contributed by atoms with van der Waals surface area (Å²) in [6.07, 6.45) is 3.59. The molecule has 0 saturated heterocycles. The topological polar surface area (TPSA) is 65.6 Å². The molecular weight excluding hydrogens is 162 g/mol. The Balaban J connectivity index is 2.98. The van der Waals surface area contributed by atoms with Crippen LogP contribution < -0.4 is 16.3 Å². The van der Waals surface area contributed by atoms with Gasteiger partial charge in [0.25, 0.3) is 0 Å². The Hall–Kier alpha value is -1.69. The van der Waals surface area contributed by atoms with Gasteiger partial charge in [-0.15, -0.1) is 0 Å². The fourth-order valence-corrected chi connectivity index (χ4v) is 1.78. The van der Waals surface area contributed by atoms with Gasteiger partial charge in [-0.05, 0) is 19.8 Å². The minimum absolute atomic E-state index is 0.704. The van der Waals surface area contributed by atoms with E-state index >= 15 is 0 Å². The van der Waals surface area contributed by atoms with Crippen LogP contribution >= 0.6 is 0 Å². The number of fused-ring (bicyclic) bond motifs is 1. The van der Waals surface area contributed by atoms with Crippen molar-refractivity contribution in [2.75, 3.05) is 0 Å². The molecule has 2 rings (SSSR count). The van der Waals surface area contributed by atoms with Gasteiger partial charge >= 0.3 is 0 Å². The Morgan fingerprint density at radius 2 is 2.31 bits per heavy atom. The van der Waals surface area contributed by atoms with E-state index < -0.39 is 0 Å². The van der Waals surface area contributed by atoms with E-state index in [9.17, 15) is 0 Å². The zero-order chi connectivity index (χ0) is 9.42. The molecule has 1 heterocycles. The van der Waals surface area contributed by atoms with Crippen molar-refractivity contribution in [3.8, 4) is 6.07 Å². The van der Waals surface area contributed by atoms with E-state index in [-0.39, 0.29) is 0 Å². The molecule has 0 amide bonds. The molecular formula is C10H11N3. The number of rotatable bonds is 0. The molecule has 1 aromatic rings. The van der Waals surface area contributed by atoms with Crippen molar-refractivity contribution in [1.82, 2.24) is 4.98 Å². The van der Waals surface area contributed by atoms with Crippen molar-refractivity contribution in [3.63, 3.8) is 0 Å². The Morgan fingerprint density at radius 3 is 3.00 bits per heavy atom. The molecule has 0 saturated carbocycles. The number of nitriles is 1. The molecule has 0 radical (unpaired) electrons. The molecule has 1 aliphatic carbocycles. The number of nitrogens with one attached hydrogen (secondary N) is 1. The quantitative estimate of drug-likeness (QED) is 0.576. The highest BCUT2D eigenvalue weighted by molar-refractivity contribution is 5.57. The van der Waals surface area contributed by atoms with Gasteiger partial charge in [-0.3, -0.25) is 0 Å². The molecule has 66 valence electrons. The Kier molecular flexibility index (Phi) is 1.63. The lowest BCUT2D eigenvalue weighted by Gasteiger charge is -2.07. The molecule has 3 nitrogen and oxygen atoms in total. The third kappa shape index (κ3) is 1.03. The van der Waals surface area contributed by atoms with Gasteiger partial charge in [0.05, 0.1) is 10.9 Å². The second-order valence-electron chi connectivity index (χ2n) is 3.37. The van der Waals surface area contributed by atoms with Gasteiger partial charge in [-0.1, -0.05) is 5.57 Å². The predicted octanol–water partition coefficient (Wildman–Crippen LogP) is -0.0823. The summed E-state index contributed by atoms with van der Waals surface area (Å²) >= 11 is 0. The third-order valence-corrected chi connectivity index (χ3v) is 2.52. The van der Waals surface area contributed by atoms with Gasteiger partial charge in [0.1, 0.15) is 6.07 Å². The van der Waals surface area contributed by atoms with Gasteiger partial charge in [0, 0.05) is 17.1 Å². The van der Waals surface area contributed by atoms with E-state index in [0.717, 1.165) is 29.1 Å². The summed E-state index contributed by atoms with van der Waals surface area (Å²) in [5.74, 6) is 0. The fourth-order valence-electron chi connectivity index (χ4n) is 1.78. The lowest BCUT2D eigenvalue weighted by Crippen LogP contribution is -2.34. The standard InChI is InChI=1S/C10H11N3/c1-6-2-3-8(12)10-9(6)7(4-11)5-13-10/h5,13H,2-3,12H2,1H3. The van der Waals surface area contributed by atoms with Crippen molar-refractivity contribution in [1.29, 1.82) is 5.26 Å². The molecule has 0 bridgehead atoms. The molecule has 3 N–H and O–H groups in total. The van der Waals surface area contributed by atoms with Crippen molar-refractivity contribution >= 4 is 11.3 Å². The van der Waals surface area contributed by atoms with Crippen LogP contribution in [0.5, 0.6) is 0 Å². The monoisotopic (exact) mass is 173 g/mol. The van der Waals surface area contributed by atoms with E-state index in [1.807, 2.05) is 0 Å². The minimum atomic E-state index is 0.704. The maximum Gasteiger partial charge on any atom is 0.101 e. The Bertz CT molecular complexity index is 499. The van der Waals surface area contributed by atoms with Crippen LogP contribution in [0, 0.1) is 11.3 Å². The van der Waals surface area contributed by atoms with Crippen molar-refractivity contribution in [2.45, 2.75) is 19.8 Å². The van der Waals surface area contributed by atoms with Crippen LogP contribution in [0.25, 0.3) is 11.3 Å². The van der Waals surface area contributed by atoms with Gasteiger partial charge < -0.3 is 10.7 Å². The second kappa shape index (κ2) is 2.67. The molecule has 3 heteroatoms. The van der Waals surface area contributed by atoms with E-state index in [0.29, 0.717) is 5.56 Å². The summed E-state index contributed by atoms with van der Waals surface area (Å²) in [5.41, 5.74) is 8.66. The van der Waals surface area contributed by atoms with Gasteiger partial charge in [-0.25, -0.2) is 0 Å². The average molecular weight is 173 g/mol. The highest BCUT2D eigenvalue weighted by Crippen LogP contribution is 2.10. The molecule has 0 aromatic carbocycles. The largest absolute Gasteiger partial charge is 0.400 e. The van der Waals surface area contributed by atoms with Crippen LogP contribution in [0.1, 0.15) is 25.3 Å². The summed E-state index contributed by atoms with van der Waals surface area (Å²) in [5, 5.41) is 10.8. The highest BCUT2D eigenvalue weighted by atomic mass is 14.7. The first-order valence-corrected chi connectivity index (χ1v) is 4.30. The normalized spacial score (nSPS) is 15.4. The second-order valence-corrected chi connectivity index (χ2v) is 3.37. The first kappa shape index (κ1) is 7.93. The predicted molar refractivity (Wildman–Crippen MR) is 50.7 cm³/mol. The van der Waals surface area contributed by atoms with Crippen LogP contribution in [-0.4, -0.2) is 4.98 Å². The molecule has 0 fully saturated rings. The lowest BCUT2D eigenvalue weighted by molar-refractivity contribution is 1.000. The molecule has 0 aliphatic heterocycles. The Labute approximate surface area is 76.2 Å². The van der Waals surface area contributed by atoms with Gasteiger partial charge in [0.15, 0.2) is 0 Å². The van der Waals surface area contributed by atoms with E-state index in [4.69, 9.17) is 11.0 Å². The Morgan fingerprint density at radius 1 is 1.54 bits per heavy atom. The molecule has 1 aliphatic rings. The maximum absolute atomic E-state index is 8.85. The fraction of sp³-hybridized carbons (Fsp3) is 0.300. The summed E-state index contributed by atoms with van der Waals surface area (Å²) in [6, 6.07) is 2.17. The summed E-state index contributed by atoms with van der Waals surface area (Å²) < 4.78 is 0. The van der Waals surface area contributed by atoms with Crippen LogP contribution in [-0.2, 0) is 0 Å². The SMILES string of the molecule is CC1=c2c(C#N)c[nH]c2=C(N)CC1. The first-order valence-electron chi connectivity index (χ1n) is 4.30. The van der Waals surface area contributed by atoms with Gasteiger partial charge in [0.2, 0.25) is 0 Å². The summed E-state index contributed by atoms with van der Waals surface area (Å²) in [7, 11) is 0. The van der Waals surface area contributed by atoms with Crippen LogP contribution in [0.4, 0.5) is 0 Å². The molecule has 13 heavy (non-hydrogen) atoms. The van der Waals surface area contributed by atoms with Crippen molar-refractivity contribution < 1.29 is 0 Å². The number of H-pyrrole nitrogens is 1. The number of hydrogen-bond acceptors (Lipinski definition) is 2. The van der Waals surface area contributed by atoms with Crippen LogP contribution in [0.15, 0.2) is 6.20 Å². The highest BCUT2D eigenvalue weighted by Gasteiger charge is 2.09. The molecule has 1 aromatic heterocycles. The molecule has 0 atom stereocenters. The van der Waals surface area contributed by atoms with E-state index in [1.54, 1.807) is 6.20 Å². The third-order valence-electron chi connectivity index (χ3n) is 2.52. The van der Waals surface area contributed by atoms with Crippen LogP contribution in [0.3, 0.4) is 0 Å². The first-order chi connectivity index (χ1) is 6.24. The number of nitrogens with zero attached hydrogens (tertiary/aromatic N) is 1. The van der Waals surface area contributed by atoms with Gasteiger partial charge in [-0.2, -0.15) is 5.26 Å². The lowest BCUT2D eigenvalue weighted by atomic mass is 10.0. The maximum atomic E-state index is 8.85. The van der Waals surface area contributed by atoms with Crippen molar-refractivity contribution in [3.05, 3.63) is 22.3 Å². The molecule has 0 unspecified atom stereocenters. The number of aromatic amines is 1. The van der Waals surface area contributed by atoms with E-state index in [1.165, 1.54) is 5.57 Å². The van der Waals surface area contributed by atoms with Crippen LogP contribution in [0.2, 0.25) is 0 Å². The summed E-state index contributed by atoms with van der Waals surface area (Å²) in [6.45, 7) is 2.06. The molecule has 0 spiro atoms. The number of hydrogen-bond donors (Lipinski definition) is 2. The van der Waals surface area contributed by atoms with Crippen molar-refractivity contribution in [2.24, 2.45) is 5.73 Å². The zero-order valence-corrected chi connectivity index (χ0v) is 7.52. The zero-order valence-electron chi connectivity index (χ0n) is 7.52. The number of nitrogens with two attached hydrogens (primary N) is 1. The smallest absolute Gasteiger partial charge is 0.101 e. The average Bonchev–Trinajstić information content (AvgIpc) is 2.56.